The average molecular weight is 300 g/mol. The Morgan fingerprint density at radius 3 is 2.41 bits per heavy atom. The lowest BCUT2D eigenvalue weighted by atomic mass is 9.60. The van der Waals surface area contributed by atoms with Gasteiger partial charge in [-0.3, -0.25) is 9.59 Å². The Hall–Kier alpha value is -1.89. The van der Waals surface area contributed by atoms with Crippen molar-refractivity contribution in [2.75, 3.05) is 13.1 Å². The van der Waals surface area contributed by atoms with Crippen LogP contribution in [0.1, 0.15) is 41.5 Å². The van der Waals surface area contributed by atoms with Crippen LogP contribution in [0, 0.1) is 27.6 Å². The highest BCUT2D eigenvalue weighted by molar-refractivity contribution is 6.06. The molecule has 1 amide bonds. The van der Waals surface area contributed by atoms with Gasteiger partial charge in [-0.15, -0.1) is 0 Å². The molecule has 118 valence electrons. The summed E-state index contributed by atoms with van der Waals surface area (Å²) < 4.78 is 0. The van der Waals surface area contributed by atoms with E-state index in [-0.39, 0.29) is 17.3 Å². The molecule has 4 nitrogen and oxygen atoms in total. The Morgan fingerprint density at radius 1 is 1.32 bits per heavy atom. The highest BCUT2D eigenvalue weighted by Crippen LogP contribution is 2.49. The number of hydrogen-bond acceptors (Lipinski definition) is 3. The number of carbonyl (C=O) groups is 2. The van der Waals surface area contributed by atoms with E-state index < -0.39 is 16.2 Å². The van der Waals surface area contributed by atoms with Gasteiger partial charge < -0.3 is 4.90 Å². The zero-order valence-corrected chi connectivity index (χ0v) is 14.3. The van der Waals surface area contributed by atoms with Crippen LogP contribution in [-0.2, 0) is 9.59 Å². The van der Waals surface area contributed by atoms with E-state index in [2.05, 4.69) is 0 Å². The highest BCUT2D eigenvalue weighted by Gasteiger charge is 2.49. The van der Waals surface area contributed by atoms with Crippen LogP contribution in [0.2, 0.25) is 0 Å². The molecule has 2 aliphatic rings. The van der Waals surface area contributed by atoms with Crippen molar-refractivity contribution in [1.82, 2.24) is 4.90 Å². The molecule has 0 aromatic heterocycles. The van der Waals surface area contributed by atoms with Gasteiger partial charge in [0.15, 0.2) is 5.78 Å². The second kappa shape index (κ2) is 4.81. The van der Waals surface area contributed by atoms with Crippen LogP contribution < -0.4 is 0 Å². The zero-order valence-electron chi connectivity index (χ0n) is 14.3. The maximum atomic E-state index is 12.6. The molecular weight excluding hydrogens is 276 g/mol. The first-order chi connectivity index (χ1) is 9.93. The van der Waals surface area contributed by atoms with Crippen LogP contribution in [0.3, 0.4) is 0 Å². The van der Waals surface area contributed by atoms with Crippen molar-refractivity contribution in [3.8, 4) is 6.07 Å². The third-order valence-electron chi connectivity index (χ3n) is 4.65. The summed E-state index contributed by atoms with van der Waals surface area (Å²) >= 11 is 0. The molecular formula is C18H24N2O2. The number of hydrogen-bond donors (Lipinski definition) is 0. The molecule has 0 saturated carbocycles. The van der Waals surface area contributed by atoms with Gasteiger partial charge >= 0.3 is 0 Å². The normalized spacial score (nSPS) is 27.5. The lowest BCUT2D eigenvalue weighted by molar-refractivity contribution is -0.140. The third kappa shape index (κ3) is 2.39. The second-order valence-electron chi connectivity index (χ2n) is 8.09. The predicted octanol–water partition coefficient (Wildman–Crippen LogP) is 2.87. The topological polar surface area (TPSA) is 61.2 Å². The Balaban J connectivity index is 2.49. The van der Waals surface area contributed by atoms with E-state index >= 15 is 0 Å². The molecule has 1 aliphatic carbocycles. The highest BCUT2D eigenvalue weighted by atomic mass is 16.2. The number of fused-ring (bicyclic) bond motifs is 1. The van der Waals surface area contributed by atoms with Crippen molar-refractivity contribution in [1.29, 1.82) is 5.26 Å². The van der Waals surface area contributed by atoms with E-state index in [9.17, 15) is 14.9 Å². The molecule has 0 saturated heterocycles. The van der Waals surface area contributed by atoms with Gasteiger partial charge in [0.2, 0.25) is 5.91 Å². The van der Waals surface area contributed by atoms with Crippen LogP contribution in [0.15, 0.2) is 23.3 Å². The summed E-state index contributed by atoms with van der Waals surface area (Å²) in [5.74, 6) is -0.0417. The van der Waals surface area contributed by atoms with Gasteiger partial charge in [-0.25, -0.2) is 0 Å². The molecule has 2 rings (SSSR count). The van der Waals surface area contributed by atoms with E-state index in [0.717, 1.165) is 5.57 Å². The Morgan fingerprint density at radius 2 is 1.91 bits per heavy atom. The van der Waals surface area contributed by atoms with Gasteiger partial charge in [0.05, 0.1) is 11.0 Å². The predicted molar refractivity (Wildman–Crippen MR) is 84.7 cm³/mol. The van der Waals surface area contributed by atoms with Crippen LogP contribution in [-0.4, -0.2) is 29.7 Å². The van der Waals surface area contributed by atoms with Gasteiger partial charge in [0.1, 0.15) is 6.07 Å². The molecule has 1 heterocycles. The molecule has 0 aromatic carbocycles. The van der Waals surface area contributed by atoms with Gasteiger partial charge in [-0.1, -0.05) is 39.8 Å². The molecule has 0 unspecified atom stereocenters. The number of carbonyl (C=O) groups excluding carboxylic acids is 2. The van der Waals surface area contributed by atoms with Crippen LogP contribution in [0.5, 0.6) is 0 Å². The van der Waals surface area contributed by atoms with Crippen LogP contribution >= 0.6 is 0 Å². The number of nitriles is 1. The summed E-state index contributed by atoms with van der Waals surface area (Å²) in [6, 6.07) is 2.02. The minimum atomic E-state index is -0.689. The number of Topliss-reactive ketones (excluding diaryl/α,β-unsaturated/α-hetero) is 1. The molecule has 22 heavy (non-hydrogen) atoms. The van der Waals surface area contributed by atoms with Crippen molar-refractivity contribution in [3.05, 3.63) is 23.3 Å². The first kappa shape index (κ1) is 16.5. The first-order valence-corrected chi connectivity index (χ1v) is 7.62. The number of nitrogens with zero attached hydrogens (tertiary/aromatic N) is 2. The first-order valence-electron chi connectivity index (χ1n) is 7.62. The smallest absolute Gasteiger partial charge is 0.228 e. The molecule has 1 aliphatic heterocycles. The standard InChI is InChI=1S/C18H24N2O2/c1-16(2,3)15(22)20-8-7-13-17(4,5)14(21)12(10-19)9-18(13,6)11-20/h7,9H,8,11H2,1-6H3/t18-/m0/s1. The molecule has 0 N–H and O–H groups in total. The fourth-order valence-electron chi connectivity index (χ4n) is 3.63. The van der Waals surface area contributed by atoms with Crippen molar-refractivity contribution in [2.24, 2.45) is 16.2 Å². The van der Waals surface area contributed by atoms with Crippen molar-refractivity contribution in [2.45, 2.75) is 41.5 Å². The molecule has 0 aromatic rings. The minimum Gasteiger partial charge on any atom is -0.337 e. The van der Waals surface area contributed by atoms with Gasteiger partial charge in [-0.2, -0.15) is 5.26 Å². The maximum absolute atomic E-state index is 12.6. The Bertz CT molecular complexity index is 641. The molecule has 0 bridgehead atoms. The summed E-state index contributed by atoms with van der Waals surface area (Å²) in [6.45, 7) is 12.5. The zero-order chi connectivity index (χ0) is 16.9. The lowest BCUT2D eigenvalue weighted by Crippen LogP contribution is -2.52. The van der Waals surface area contributed by atoms with Gasteiger partial charge in [0, 0.05) is 23.9 Å². The van der Waals surface area contributed by atoms with E-state index in [1.54, 1.807) is 6.08 Å². The van der Waals surface area contributed by atoms with Gasteiger partial charge in [0.25, 0.3) is 0 Å². The third-order valence-corrected chi connectivity index (χ3v) is 4.65. The molecule has 0 spiro atoms. The molecule has 4 heteroatoms. The van der Waals surface area contributed by atoms with Crippen molar-refractivity contribution >= 4 is 11.7 Å². The fraction of sp³-hybridized carbons (Fsp3) is 0.611. The maximum Gasteiger partial charge on any atom is 0.228 e. The summed E-state index contributed by atoms with van der Waals surface area (Å²) in [4.78, 5) is 26.8. The number of rotatable bonds is 0. The summed E-state index contributed by atoms with van der Waals surface area (Å²) in [6.07, 6.45) is 3.74. The van der Waals surface area contributed by atoms with E-state index in [0.29, 0.717) is 13.1 Å². The van der Waals surface area contributed by atoms with Crippen LogP contribution in [0.4, 0.5) is 0 Å². The van der Waals surface area contributed by atoms with Crippen molar-refractivity contribution in [3.63, 3.8) is 0 Å². The summed E-state index contributed by atoms with van der Waals surface area (Å²) in [5, 5.41) is 9.26. The molecule has 0 radical (unpaired) electrons. The number of amides is 1. The number of allylic oxidation sites excluding steroid dienone is 1. The monoisotopic (exact) mass is 300 g/mol. The van der Waals surface area contributed by atoms with Gasteiger partial charge in [-0.05, 0) is 19.4 Å². The number of ketones is 1. The fourth-order valence-corrected chi connectivity index (χ4v) is 3.63. The SMILES string of the molecule is CC(C)(C)C(=O)N1CC=C2C(C)(C)C(=O)C(C#N)=C[C@@]2(C)C1. The summed E-state index contributed by atoms with van der Waals surface area (Å²) in [5.41, 5.74) is -0.368. The molecule has 1 atom stereocenters. The molecule has 0 fully saturated rings. The summed E-state index contributed by atoms with van der Waals surface area (Å²) in [7, 11) is 0. The van der Waals surface area contributed by atoms with E-state index in [1.165, 1.54) is 0 Å². The van der Waals surface area contributed by atoms with E-state index in [1.807, 2.05) is 58.6 Å². The minimum absolute atomic E-state index is 0.0886. The second-order valence-corrected chi connectivity index (χ2v) is 8.09. The van der Waals surface area contributed by atoms with Crippen LogP contribution in [0.25, 0.3) is 0 Å². The quantitative estimate of drug-likeness (QED) is 0.646. The average Bonchev–Trinajstić information content (AvgIpc) is 2.40. The van der Waals surface area contributed by atoms with E-state index in [4.69, 9.17) is 0 Å². The lowest BCUT2D eigenvalue weighted by Gasteiger charge is -2.48. The Kier molecular flexibility index (Phi) is 3.60. The Labute approximate surface area is 132 Å². The largest absolute Gasteiger partial charge is 0.337 e. The van der Waals surface area contributed by atoms with Crippen molar-refractivity contribution < 1.29 is 9.59 Å².